The molecule has 132 heavy (non-hydrogen) atoms. The molecule has 6 amide bonds. The fourth-order valence-corrected chi connectivity index (χ4v) is 37.0. The van der Waals surface area contributed by atoms with Gasteiger partial charge in [-0.2, -0.15) is 0 Å². The first-order chi connectivity index (χ1) is 64.9. The lowest BCUT2D eigenvalue weighted by molar-refractivity contribution is -0.122. The normalized spacial score (nSPS) is 16.3. The Bertz CT molecular complexity index is 8070. The maximum absolute atomic E-state index is 14.3. The SMILES string of the molecule is O=C1C2=C3c4sc(-c5ccc(-c6ccc(-c7cccs7)s6)s5)cc4C=CN3C(=O)C2=C2c3sc(-c4ccc(-c5ccc(-c6cccs6)s5)s4)cc3C=CN12.O=C1C2=C3c4sc(-c5ccc(-c6cccs6)s5)cc4C=CN3C(=O)C2=C2c3sc(-c4ccc(-c5cccs5)s4)cc3C=CN12.O=C1C2=C3c4sc(-c5cccs5)cc4C=CN3C(=O)C2=C2c3sc(-c4cccs4)cc3C=CN12. The molecule has 30 heteroatoms. The molecule has 0 saturated heterocycles. The molecule has 12 aliphatic rings. The monoisotopic (exact) mass is 2030 g/mol. The molecule has 30 heterocycles. The van der Waals surface area contributed by atoms with Crippen molar-refractivity contribution in [2.24, 2.45) is 0 Å². The van der Waals surface area contributed by atoms with Crippen LogP contribution in [0.3, 0.4) is 0 Å². The second kappa shape index (κ2) is 30.4. The third-order valence-corrected chi connectivity index (χ3v) is 45.2. The van der Waals surface area contributed by atoms with Gasteiger partial charge in [0.05, 0.1) is 96.9 Å². The number of carbonyl (C=O) groups is 6. The molecular formula is C102H48N6O6S18. The van der Waals surface area contributed by atoms with Crippen molar-refractivity contribution in [2.45, 2.75) is 0 Å². The van der Waals surface area contributed by atoms with Crippen molar-refractivity contribution in [1.29, 1.82) is 0 Å². The Kier molecular flexibility index (Phi) is 18.2. The van der Waals surface area contributed by atoms with Crippen molar-refractivity contribution < 1.29 is 28.8 Å². The Labute approximate surface area is 823 Å². The first-order valence-corrected chi connectivity index (χ1v) is 56.2. The van der Waals surface area contributed by atoms with Crippen LogP contribution in [0, 0.1) is 0 Å². The van der Waals surface area contributed by atoms with E-state index in [2.05, 4.69) is 202 Å². The van der Waals surface area contributed by atoms with Crippen LogP contribution in [-0.4, -0.2) is 64.8 Å². The summed E-state index contributed by atoms with van der Waals surface area (Å²) in [5.74, 6) is -0.821. The van der Waals surface area contributed by atoms with Crippen LogP contribution in [0.2, 0.25) is 0 Å². The Balaban J connectivity index is 0.000000102. The van der Waals surface area contributed by atoms with Gasteiger partial charge in [0.2, 0.25) is 0 Å². The molecule has 18 aromatic heterocycles. The minimum Gasteiger partial charge on any atom is -0.281 e. The number of fused-ring (bicyclic) bond motifs is 21. The summed E-state index contributed by atoms with van der Waals surface area (Å²) < 4.78 is 0. The molecule has 0 radical (unpaired) electrons. The van der Waals surface area contributed by atoms with Crippen molar-refractivity contribution in [2.75, 3.05) is 0 Å². The van der Waals surface area contributed by atoms with Gasteiger partial charge < -0.3 is 0 Å². The van der Waals surface area contributed by atoms with Gasteiger partial charge in [-0.3, -0.25) is 58.2 Å². The second-order valence-electron chi connectivity index (χ2n) is 31.5. The van der Waals surface area contributed by atoms with E-state index in [-0.39, 0.29) is 35.4 Å². The lowest BCUT2D eigenvalue weighted by atomic mass is 10.0. The van der Waals surface area contributed by atoms with Crippen molar-refractivity contribution in [1.82, 2.24) is 29.4 Å². The highest BCUT2D eigenvalue weighted by Crippen LogP contribution is 2.61. The summed E-state index contributed by atoms with van der Waals surface area (Å²) in [6.45, 7) is 0. The molecule has 12 nitrogen and oxygen atoms in total. The molecule has 30 rings (SSSR count). The molecule has 0 saturated carbocycles. The molecule has 0 unspecified atom stereocenters. The van der Waals surface area contributed by atoms with Gasteiger partial charge in [-0.15, -0.1) is 204 Å². The van der Waals surface area contributed by atoms with Crippen LogP contribution in [0.5, 0.6) is 0 Å². The maximum Gasteiger partial charge on any atom is 0.265 e. The van der Waals surface area contributed by atoms with E-state index in [1.807, 2.05) is 108 Å². The van der Waals surface area contributed by atoms with Crippen LogP contribution in [0.1, 0.15) is 62.6 Å². The number of hydrogen-bond acceptors (Lipinski definition) is 24. The summed E-state index contributed by atoms with van der Waals surface area (Å²) in [5.41, 5.74) is 13.6. The lowest BCUT2D eigenvalue weighted by Crippen LogP contribution is -2.25. The Morgan fingerprint density at radius 1 is 0.159 bits per heavy atom. The lowest BCUT2D eigenvalue weighted by Gasteiger charge is -2.24. The topological polar surface area (TPSA) is 122 Å². The summed E-state index contributed by atoms with van der Waals surface area (Å²) >= 11 is 31.1. The van der Waals surface area contributed by atoms with Crippen molar-refractivity contribution in [3.05, 3.63) is 348 Å². The smallest absolute Gasteiger partial charge is 0.265 e. The second-order valence-corrected chi connectivity index (χ2v) is 50.0. The fourth-order valence-electron chi connectivity index (χ4n) is 18.3. The summed E-state index contributed by atoms with van der Waals surface area (Å²) in [6.07, 6.45) is 22.9. The number of nitrogens with zero attached hydrogens (tertiary/aromatic N) is 6. The minimum absolute atomic E-state index is 0.129. The van der Waals surface area contributed by atoms with Crippen LogP contribution in [0.4, 0.5) is 0 Å². The molecule has 0 bridgehead atoms. The molecule has 18 aromatic rings. The van der Waals surface area contributed by atoms with Crippen molar-refractivity contribution >= 4 is 310 Å². The Morgan fingerprint density at radius 2 is 0.303 bits per heavy atom. The molecule has 630 valence electrons. The highest BCUT2D eigenvalue weighted by molar-refractivity contribution is 7.31. The maximum atomic E-state index is 14.3. The van der Waals surface area contributed by atoms with E-state index in [0.717, 1.165) is 103 Å². The minimum atomic E-state index is -0.144. The van der Waals surface area contributed by atoms with E-state index in [1.165, 1.54) is 87.8 Å². The average Bonchev–Trinajstić information content (AvgIpc) is 1.55. The quantitative estimate of drug-likeness (QED) is 0.120. The molecule has 0 atom stereocenters. The summed E-state index contributed by atoms with van der Waals surface area (Å²) in [4.78, 5) is 129. The Hall–Kier alpha value is -11.7. The summed E-state index contributed by atoms with van der Waals surface area (Å²) in [6, 6.07) is 64.6. The zero-order valence-corrected chi connectivity index (χ0v) is 81.9. The van der Waals surface area contributed by atoms with E-state index in [4.69, 9.17) is 0 Å². The van der Waals surface area contributed by atoms with Crippen molar-refractivity contribution in [3.8, 4) is 117 Å². The van der Waals surface area contributed by atoms with Gasteiger partial charge in [-0.05, 0) is 248 Å². The number of rotatable bonds is 12. The predicted octanol–water partition coefficient (Wildman–Crippen LogP) is 31.5. The summed E-state index contributed by atoms with van der Waals surface area (Å²) in [5, 5.41) is 12.6. The van der Waals surface area contributed by atoms with Crippen LogP contribution < -0.4 is 0 Å². The largest absolute Gasteiger partial charge is 0.281 e. The zero-order chi connectivity index (χ0) is 87.3. The molecule has 0 aliphatic carbocycles. The molecule has 12 aliphatic heterocycles. The summed E-state index contributed by atoms with van der Waals surface area (Å²) in [7, 11) is 0. The van der Waals surface area contributed by atoms with Gasteiger partial charge in [-0.1, -0.05) is 36.4 Å². The third-order valence-electron chi connectivity index (χ3n) is 24.2. The standard InChI is InChI=1S/C42H20N2O2S8.C34H16N2O2S6.C26H12N2O2S4/c45-41-35-36(38-40-22(14-16-44(38)41)20-34(54-40)32-12-10-30(52-32)28-8-6-26(50-28)24-4-2-18-48-24)42(46)43-15-13-21-19-33(53-39(21)37(35)43)31-11-9-29(51-31)27-7-5-25(49-27)23-3-1-17-47-23;37-33-27-28(30-32-18(10-12-36(30)33)16-26(44-32)24-8-6-22(42-24)20-4-2-14-40-20)34(38)35-11-9-17-15-25(43-31(17)29(27)35)23-7-5-21(41-23)19-3-1-13-39-19;29-25-19-20(22-24-14(6-8-28(22)25)12-18(34-24)16-4-2-10-32-16)26(30)27-7-5-13-11-17(15-3-1-9-31-15)33-23(13)21(19)27/h1-20H;1-16H;1-12H. The van der Waals surface area contributed by atoms with Crippen LogP contribution in [0.25, 0.3) is 188 Å². The van der Waals surface area contributed by atoms with Gasteiger partial charge in [0.1, 0.15) is 0 Å². The van der Waals surface area contributed by atoms with Crippen LogP contribution in [0.15, 0.2) is 285 Å². The number of carbonyl (C=O) groups excluding carboxylic acids is 6. The van der Waals surface area contributed by atoms with Crippen LogP contribution in [-0.2, 0) is 28.8 Å². The van der Waals surface area contributed by atoms with E-state index in [0.29, 0.717) is 56.2 Å². The van der Waals surface area contributed by atoms with Crippen molar-refractivity contribution in [3.63, 3.8) is 0 Å². The van der Waals surface area contributed by atoms with E-state index in [1.54, 1.807) is 211 Å². The number of hydrogen-bond donors (Lipinski definition) is 0. The van der Waals surface area contributed by atoms with E-state index in [9.17, 15) is 28.8 Å². The van der Waals surface area contributed by atoms with Gasteiger partial charge in [0.15, 0.2) is 0 Å². The molecular weight excluding hydrogens is 1980 g/mol. The highest BCUT2D eigenvalue weighted by atomic mass is 32.2. The highest BCUT2D eigenvalue weighted by Gasteiger charge is 2.55. The number of amides is 6. The molecule has 0 N–H and O–H groups in total. The first-order valence-electron chi connectivity index (χ1n) is 41.1. The molecule has 0 fully saturated rings. The molecule has 0 spiro atoms. The van der Waals surface area contributed by atoms with E-state index < -0.39 is 0 Å². The van der Waals surface area contributed by atoms with Gasteiger partial charge in [0.25, 0.3) is 35.4 Å². The van der Waals surface area contributed by atoms with Gasteiger partial charge >= 0.3 is 0 Å². The molecule has 0 aromatic carbocycles. The average molecular weight is 2030 g/mol. The van der Waals surface area contributed by atoms with Crippen LogP contribution >= 0.6 is 204 Å². The first kappa shape index (κ1) is 78.9. The van der Waals surface area contributed by atoms with E-state index >= 15 is 0 Å². The predicted molar refractivity (Wildman–Crippen MR) is 562 cm³/mol. The van der Waals surface area contributed by atoms with Gasteiger partial charge in [-0.25, -0.2) is 0 Å². The van der Waals surface area contributed by atoms with Gasteiger partial charge in [0, 0.05) is 154 Å². The fraction of sp³-hybridized carbons (Fsp3) is 0. The Morgan fingerprint density at radius 3 is 0.462 bits per heavy atom. The number of thiophene rings is 18. The zero-order valence-electron chi connectivity index (χ0n) is 67.2. The third kappa shape index (κ3) is 12.1.